The highest BCUT2D eigenvalue weighted by molar-refractivity contribution is 5.74. The summed E-state index contributed by atoms with van der Waals surface area (Å²) in [4.78, 5) is 0. The molecule has 25 heavy (non-hydrogen) atoms. The summed E-state index contributed by atoms with van der Waals surface area (Å²) in [7, 11) is 0. The Morgan fingerprint density at radius 1 is 1.04 bits per heavy atom. The van der Waals surface area contributed by atoms with E-state index in [1.165, 1.54) is 6.07 Å². The molecule has 0 aliphatic rings. The second-order valence-electron chi connectivity index (χ2n) is 4.77. The molecule has 0 fully saturated rings. The van der Waals surface area contributed by atoms with E-state index < -0.39 is 47.5 Å². The zero-order valence-corrected chi connectivity index (χ0v) is 11.8. The average molecular weight is 381 g/mol. The predicted octanol–water partition coefficient (Wildman–Crippen LogP) is 3.83. The van der Waals surface area contributed by atoms with Crippen molar-refractivity contribution in [2.45, 2.75) is 30.6 Å². The fourth-order valence-electron chi connectivity index (χ4n) is 1.98. The molecule has 4 nitrogen and oxygen atoms in total. The van der Waals surface area contributed by atoms with Crippen LogP contribution in [-0.4, -0.2) is 46.5 Å². The van der Waals surface area contributed by atoms with Crippen LogP contribution in [0.2, 0.25) is 0 Å². The van der Waals surface area contributed by atoms with Crippen molar-refractivity contribution in [3.63, 3.8) is 0 Å². The third-order valence-corrected chi connectivity index (χ3v) is 3.09. The van der Waals surface area contributed by atoms with Crippen LogP contribution in [0, 0.1) is 0 Å². The third kappa shape index (κ3) is 3.24. The SMILES string of the molecule is FCC(F)OC(F)(F)C(F)(C(F)C(F)(F)F)n1nnc2ccccc21. The van der Waals surface area contributed by atoms with Crippen molar-refractivity contribution < 1.29 is 44.3 Å². The maximum Gasteiger partial charge on any atom is 0.425 e. The lowest BCUT2D eigenvalue weighted by atomic mass is 10.1. The number of hydrogen-bond donors (Lipinski definition) is 0. The van der Waals surface area contributed by atoms with E-state index in [1.807, 2.05) is 0 Å². The number of aromatic nitrogens is 3. The van der Waals surface area contributed by atoms with Gasteiger partial charge in [-0.25, -0.2) is 17.6 Å². The van der Waals surface area contributed by atoms with Gasteiger partial charge < -0.3 is 0 Å². The molecule has 140 valence electrons. The van der Waals surface area contributed by atoms with Crippen molar-refractivity contribution in [2.75, 3.05) is 6.67 Å². The van der Waals surface area contributed by atoms with Crippen molar-refractivity contribution in [2.24, 2.45) is 0 Å². The van der Waals surface area contributed by atoms with Gasteiger partial charge in [0.2, 0.25) is 6.36 Å². The molecule has 0 N–H and O–H groups in total. The van der Waals surface area contributed by atoms with Crippen LogP contribution in [0.25, 0.3) is 11.0 Å². The molecule has 0 bridgehead atoms. The van der Waals surface area contributed by atoms with E-state index in [9.17, 15) is 39.5 Å². The Morgan fingerprint density at radius 3 is 2.20 bits per heavy atom. The van der Waals surface area contributed by atoms with E-state index in [4.69, 9.17) is 0 Å². The molecule has 1 aromatic heterocycles. The third-order valence-electron chi connectivity index (χ3n) is 3.09. The number of para-hydroxylation sites is 1. The van der Waals surface area contributed by atoms with Crippen LogP contribution in [0.4, 0.5) is 39.5 Å². The monoisotopic (exact) mass is 381 g/mol. The van der Waals surface area contributed by atoms with Gasteiger partial charge in [-0.2, -0.15) is 26.6 Å². The lowest BCUT2D eigenvalue weighted by molar-refractivity contribution is -0.401. The molecule has 0 aliphatic carbocycles. The van der Waals surface area contributed by atoms with Crippen LogP contribution < -0.4 is 0 Å². The van der Waals surface area contributed by atoms with E-state index in [1.54, 1.807) is 0 Å². The molecular weight excluding hydrogens is 373 g/mol. The van der Waals surface area contributed by atoms with Gasteiger partial charge in [0.05, 0.1) is 5.52 Å². The average Bonchev–Trinajstić information content (AvgIpc) is 2.96. The molecule has 0 radical (unpaired) electrons. The lowest BCUT2D eigenvalue weighted by Gasteiger charge is -2.35. The number of ether oxygens (including phenoxy) is 1. The van der Waals surface area contributed by atoms with Crippen molar-refractivity contribution >= 4 is 11.0 Å². The minimum atomic E-state index is -6.14. The van der Waals surface area contributed by atoms with E-state index in [-0.39, 0.29) is 5.52 Å². The zero-order chi connectivity index (χ0) is 19.0. The largest absolute Gasteiger partial charge is 0.425 e. The Balaban J connectivity index is 2.68. The number of alkyl halides is 9. The molecule has 0 saturated heterocycles. The number of halogens is 9. The normalized spacial score (nSPS) is 18.1. The highest BCUT2D eigenvalue weighted by atomic mass is 19.4. The van der Waals surface area contributed by atoms with Gasteiger partial charge in [0.1, 0.15) is 12.2 Å². The van der Waals surface area contributed by atoms with E-state index in [0.29, 0.717) is 0 Å². The molecule has 1 aromatic carbocycles. The van der Waals surface area contributed by atoms with E-state index >= 15 is 0 Å². The number of fused-ring (bicyclic) bond motifs is 1. The van der Waals surface area contributed by atoms with Crippen molar-refractivity contribution in [1.29, 1.82) is 0 Å². The topological polar surface area (TPSA) is 39.9 Å². The Hall–Kier alpha value is -2.05. The summed E-state index contributed by atoms with van der Waals surface area (Å²) in [6.07, 6.45) is -20.3. The Morgan fingerprint density at radius 2 is 1.64 bits per heavy atom. The van der Waals surface area contributed by atoms with Gasteiger partial charge in [0.25, 0.3) is 6.17 Å². The van der Waals surface area contributed by atoms with Gasteiger partial charge >= 0.3 is 18.1 Å². The summed E-state index contributed by atoms with van der Waals surface area (Å²) >= 11 is 0. The second-order valence-corrected chi connectivity index (χ2v) is 4.77. The highest BCUT2D eigenvalue weighted by Gasteiger charge is 2.72. The maximum atomic E-state index is 14.9. The van der Waals surface area contributed by atoms with Crippen molar-refractivity contribution in [1.82, 2.24) is 15.0 Å². The molecule has 13 heteroatoms. The van der Waals surface area contributed by atoms with Crippen LogP contribution in [0.15, 0.2) is 24.3 Å². The molecule has 2 rings (SSSR count). The maximum absolute atomic E-state index is 14.9. The number of benzene rings is 1. The smallest absolute Gasteiger partial charge is 0.279 e. The second kappa shape index (κ2) is 6.35. The van der Waals surface area contributed by atoms with Crippen LogP contribution in [0.5, 0.6) is 0 Å². The standard InChI is InChI=1S/C12H8F9N3O/c13-5-8(14)25-12(20,21)10(16,9(15)11(17,18)19)24-7-4-2-1-3-6(7)22-23-24/h1-4,8-9H,5H2. The summed E-state index contributed by atoms with van der Waals surface area (Å²) in [5.74, 6) is -5.39. The van der Waals surface area contributed by atoms with Crippen molar-refractivity contribution in [3.05, 3.63) is 24.3 Å². The summed E-state index contributed by atoms with van der Waals surface area (Å²) in [5, 5.41) is 5.92. The molecule has 0 saturated carbocycles. The first-order valence-corrected chi connectivity index (χ1v) is 6.41. The fraction of sp³-hybridized carbons (Fsp3) is 0.500. The molecular formula is C12H8F9N3O. The first-order chi connectivity index (χ1) is 11.4. The van der Waals surface area contributed by atoms with Crippen LogP contribution in [-0.2, 0) is 10.5 Å². The fourth-order valence-corrected chi connectivity index (χ4v) is 1.98. The number of hydrogen-bond acceptors (Lipinski definition) is 3. The Bertz CT molecular complexity index is 734. The summed E-state index contributed by atoms with van der Waals surface area (Å²) in [6, 6.07) is 4.26. The van der Waals surface area contributed by atoms with Crippen LogP contribution in [0.1, 0.15) is 0 Å². The van der Waals surface area contributed by atoms with Gasteiger partial charge in [-0.15, -0.1) is 5.10 Å². The van der Waals surface area contributed by atoms with E-state index in [2.05, 4.69) is 15.0 Å². The predicted molar refractivity (Wildman–Crippen MR) is 64.5 cm³/mol. The molecule has 1 heterocycles. The number of nitrogens with zero attached hydrogens (tertiary/aromatic N) is 3. The minimum absolute atomic E-state index is 0.350. The minimum Gasteiger partial charge on any atom is -0.279 e. The molecule has 3 atom stereocenters. The first kappa shape index (κ1) is 19.3. The van der Waals surface area contributed by atoms with Gasteiger partial charge in [-0.3, -0.25) is 4.74 Å². The molecule has 0 aliphatic heterocycles. The van der Waals surface area contributed by atoms with E-state index in [0.717, 1.165) is 18.2 Å². The first-order valence-electron chi connectivity index (χ1n) is 6.41. The van der Waals surface area contributed by atoms with Crippen LogP contribution >= 0.6 is 0 Å². The Labute approximate surface area is 133 Å². The highest BCUT2D eigenvalue weighted by Crippen LogP contribution is 2.48. The molecule has 0 amide bonds. The molecule has 2 aromatic rings. The molecule has 0 spiro atoms. The zero-order valence-electron chi connectivity index (χ0n) is 11.8. The quantitative estimate of drug-likeness (QED) is 0.715. The summed E-state index contributed by atoms with van der Waals surface area (Å²) < 4.78 is 122. The van der Waals surface area contributed by atoms with Gasteiger partial charge in [-0.05, 0) is 12.1 Å². The van der Waals surface area contributed by atoms with Gasteiger partial charge in [-0.1, -0.05) is 17.3 Å². The van der Waals surface area contributed by atoms with Crippen LogP contribution in [0.3, 0.4) is 0 Å². The summed E-state index contributed by atoms with van der Waals surface area (Å²) in [6.45, 7) is -2.23. The number of rotatable bonds is 6. The van der Waals surface area contributed by atoms with Crippen molar-refractivity contribution in [3.8, 4) is 0 Å². The van der Waals surface area contributed by atoms with Gasteiger partial charge in [0.15, 0.2) is 0 Å². The Kier molecular flexibility index (Phi) is 4.90. The molecule has 3 unspecified atom stereocenters. The van der Waals surface area contributed by atoms with Gasteiger partial charge in [0, 0.05) is 0 Å². The summed E-state index contributed by atoms with van der Waals surface area (Å²) in [5.41, 5.74) is -1.10. The lowest BCUT2D eigenvalue weighted by Crippen LogP contribution is -2.60.